The van der Waals surface area contributed by atoms with E-state index < -0.39 is 37.6 Å². The zero-order valence-electron chi connectivity index (χ0n) is 20.9. The molecule has 220 valence electrons. The van der Waals surface area contributed by atoms with Gasteiger partial charge in [-0.05, 0) is 19.3 Å². The van der Waals surface area contributed by atoms with Gasteiger partial charge in [-0.15, -0.1) is 5.10 Å². The highest BCUT2D eigenvalue weighted by Gasteiger charge is 2.47. The SMILES string of the molecule is Nc1nc2c(nnn2[C@@H]2SC(OPOC[C@H]3C[C@H](c4cnc5c(N)ncnn45)O[C@@H]3COP)[C@@H](O)[C@H]2OS)c(=O)[nH]1. The van der Waals surface area contributed by atoms with Crippen LogP contribution >= 0.6 is 43.2 Å². The molecule has 0 aromatic carbocycles. The Hall–Kier alpha value is -2.25. The Morgan fingerprint density at radius 3 is 2.98 bits per heavy atom. The van der Waals surface area contributed by atoms with Crippen molar-refractivity contribution in [3.63, 3.8) is 0 Å². The van der Waals surface area contributed by atoms with Crippen LogP contribution in [0.1, 0.15) is 23.6 Å². The molecular weight excluding hydrogens is 620 g/mol. The molecule has 41 heavy (non-hydrogen) atoms. The minimum Gasteiger partial charge on any atom is -0.387 e. The Morgan fingerprint density at radius 1 is 1.32 bits per heavy atom. The third-order valence-electron chi connectivity index (χ3n) is 6.74. The first-order valence-electron chi connectivity index (χ1n) is 12.1. The van der Waals surface area contributed by atoms with Crippen molar-refractivity contribution >= 4 is 71.8 Å². The summed E-state index contributed by atoms with van der Waals surface area (Å²) in [6, 6.07) is 0. The van der Waals surface area contributed by atoms with Crippen LogP contribution in [0.4, 0.5) is 11.8 Å². The molecule has 0 bridgehead atoms. The van der Waals surface area contributed by atoms with E-state index in [9.17, 15) is 9.90 Å². The molecule has 18 nitrogen and oxygen atoms in total. The molecule has 6 rings (SSSR count). The van der Waals surface area contributed by atoms with E-state index in [4.69, 9.17) is 34.0 Å². The van der Waals surface area contributed by atoms with E-state index in [1.807, 2.05) is 0 Å². The quantitative estimate of drug-likeness (QED) is 0.0648. The maximum atomic E-state index is 12.1. The Morgan fingerprint density at radius 2 is 2.17 bits per heavy atom. The van der Waals surface area contributed by atoms with Gasteiger partial charge in [0.1, 0.15) is 35.4 Å². The molecule has 0 spiro atoms. The van der Waals surface area contributed by atoms with Gasteiger partial charge in [0.2, 0.25) is 5.95 Å². The lowest BCUT2D eigenvalue weighted by Gasteiger charge is -2.19. The van der Waals surface area contributed by atoms with Gasteiger partial charge in [0.25, 0.3) is 5.56 Å². The van der Waals surface area contributed by atoms with Crippen LogP contribution in [0.3, 0.4) is 0 Å². The van der Waals surface area contributed by atoms with Crippen LogP contribution in [0.2, 0.25) is 0 Å². The van der Waals surface area contributed by atoms with Crippen LogP contribution in [0, 0.1) is 5.92 Å². The minimum absolute atomic E-state index is 0.00252. The number of aliphatic hydroxyl groups is 1. The standard InChI is InChI=1S/C19H25N11O7P2S2/c20-13-15-22-2-7(29(15)24-5-23-13)8-1-6(9(35-8)4-33-38)3-34-39-36-18-11(31)12(37-40)17(41-18)30-14-10(27-28-30)16(32)26-19(21)25-14/h2,5-6,8-9,11-12,17-18,31,39-40H,1,3-4,38H2,(H2,20,23,24)(H3,21,25,26,32)/t6-,8-,9-,11+,12-,17-,18?/m1/s1. The average molecular weight is 646 g/mol. The van der Waals surface area contributed by atoms with E-state index in [0.29, 0.717) is 25.3 Å². The summed E-state index contributed by atoms with van der Waals surface area (Å²) in [5.41, 5.74) is 11.7. The summed E-state index contributed by atoms with van der Waals surface area (Å²) in [6.45, 7) is 0.644. The second-order valence-corrected chi connectivity index (χ2v) is 11.6. The van der Waals surface area contributed by atoms with Gasteiger partial charge in [-0.2, -0.15) is 10.1 Å². The van der Waals surface area contributed by atoms with Crippen molar-refractivity contribution in [1.82, 2.24) is 44.5 Å². The largest absolute Gasteiger partial charge is 0.387 e. The number of fused-ring (bicyclic) bond motifs is 2. The average Bonchev–Trinajstić information content (AvgIpc) is 3.72. The van der Waals surface area contributed by atoms with Gasteiger partial charge < -0.3 is 39.1 Å². The van der Waals surface area contributed by atoms with Gasteiger partial charge in [0.15, 0.2) is 31.7 Å². The van der Waals surface area contributed by atoms with Crippen LogP contribution in [0.5, 0.6) is 0 Å². The van der Waals surface area contributed by atoms with E-state index in [0.717, 1.165) is 5.69 Å². The fourth-order valence-electron chi connectivity index (χ4n) is 4.79. The predicted octanol–water partition coefficient (Wildman–Crippen LogP) is -0.226. The number of H-pyrrole nitrogens is 1. The Kier molecular flexibility index (Phi) is 8.56. The maximum Gasteiger partial charge on any atom is 0.282 e. The van der Waals surface area contributed by atoms with E-state index in [2.05, 4.69) is 57.7 Å². The highest BCUT2D eigenvalue weighted by atomic mass is 32.2. The topological polar surface area (TPSA) is 238 Å². The summed E-state index contributed by atoms with van der Waals surface area (Å²) < 4.78 is 31.5. The van der Waals surface area contributed by atoms with Gasteiger partial charge in [0, 0.05) is 15.4 Å². The first kappa shape index (κ1) is 28.9. The third kappa shape index (κ3) is 5.49. The zero-order valence-corrected chi connectivity index (χ0v) is 24.7. The molecule has 9 atom stereocenters. The van der Waals surface area contributed by atoms with Crippen LogP contribution < -0.4 is 17.0 Å². The molecule has 4 aromatic heterocycles. The summed E-state index contributed by atoms with van der Waals surface area (Å²) in [4.78, 5) is 26.9. The molecule has 0 amide bonds. The molecule has 2 aliphatic rings. The number of nitrogen functional groups attached to an aromatic ring is 2. The lowest BCUT2D eigenvalue weighted by atomic mass is 10.00. The van der Waals surface area contributed by atoms with Crippen LogP contribution in [-0.4, -0.2) is 86.6 Å². The number of anilines is 2. The van der Waals surface area contributed by atoms with Crippen molar-refractivity contribution in [2.45, 2.75) is 41.6 Å². The summed E-state index contributed by atoms with van der Waals surface area (Å²) in [7, 11) is 1.82. The number of nitrogens with two attached hydrogens (primary N) is 2. The molecule has 22 heteroatoms. The number of thiol groups is 1. The van der Waals surface area contributed by atoms with Gasteiger partial charge >= 0.3 is 0 Å². The van der Waals surface area contributed by atoms with Crippen molar-refractivity contribution in [3.8, 4) is 0 Å². The summed E-state index contributed by atoms with van der Waals surface area (Å²) >= 11 is 5.12. The number of rotatable bonds is 10. The molecule has 2 aliphatic heterocycles. The van der Waals surface area contributed by atoms with Crippen molar-refractivity contribution in [2.24, 2.45) is 5.92 Å². The smallest absolute Gasteiger partial charge is 0.282 e. The lowest BCUT2D eigenvalue weighted by Crippen LogP contribution is -2.33. The highest BCUT2D eigenvalue weighted by molar-refractivity contribution is 8.00. The number of aromatic amines is 1. The molecule has 6 heterocycles. The molecule has 4 aromatic rings. The zero-order chi connectivity index (χ0) is 28.7. The minimum atomic E-state index is -1.10. The fraction of sp³-hybridized carbons (Fsp3) is 0.526. The van der Waals surface area contributed by atoms with Gasteiger partial charge in [0.05, 0.1) is 31.2 Å². The Balaban J connectivity index is 1.08. The molecule has 0 radical (unpaired) electrons. The molecular formula is C19H25N11O7P2S2. The van der Waals surface area contributed by atoms with Gasteiger partial charge in [-0.1, -0.05) is 17.0 Å². The molecule has 2 saturated heterocycles. The lowest BCUT2D eigenvalue weighted by molar-refractivity contribution is -0.00115. The first-order chi connectivity index (χ1) is 19.9. The maximum absolute atomic E-state index is 12.1. The second-order valence-electron chi connectivity index (χ2n) is 9.18. The van der Waals surface area contributed by atoms with E-state index >= 15 is 0 Å². The number of ether oxygens (including phenoxy) is 1. The number of hydrogen-bond donors (Lipinski definition) is 5. The van der Waals surface area contributed by atoms with Crippen molar-refractivity contribution < 1.29 is 27.6 Å². The number of aliphatic hydroxyl groups excluding tert-OH is 1. The van der Waals surface area contributed by atoms with Crippen LogP contribution in [-0.2, 0) is 22.5 Å². The second kappa shape index (κ2) is 12.2. The normalized spacial score (nSPS) is 28.6. The monoisotopic (exact) mass is 645 g/mol. The number of imidazole rings is 1. The number of nitrogens with one attached hydrogen (secondary N) is 1. The van der Waals surface area contributed by atoms with Gasteiger partial charge in [-0.25, -0.2) is 19.2 Å². The third-order valence-corrected chi connectivity index (χ3v) is 9.37. The Bertz CT molecular complexity index is 1590. The molecule has 6 N–H and O–H groups in total. The van der Waals surface area contributed by atoms with E-state index in [1.165, 1.54) is 22.8 Å². The van der Waals surface area contributed by atoms with Crippen molar-refractivity contribution in [1.29, 1.82) is 0 Å². The van der Waals surface area contributed by atoms with Gasteiger partial charge in [-0.3, -0.25) is 9.78 Å². The van der Waals surface area contributed by atoms with Crippen molar-refractivity contribution in [3.05, 3.63) is 28.6 Å². The van der Waals surface area contributed by atoms with Crippen LogP contribution in [0.25, 0.3) is 16.8 Å². The number of aromatic nitrogens is 9. The Labute approximate surface area is 244 Å². The fourth-order valence-corrected chi connectivity index (χ4v) is 7.45. The first-order valence-corrected chi connectivity index (χ1v) is 14.7. The predicted molar refractivity (Wildman–Crippen MR) is 153 cm³/mol. The summed E-state index contributed by atoms with van der Waals surface area (Å²) in [5, 5.41) is 22.3. The van der Waals surface area contributed by atoms with Crippen LogP contribution in [0.15, 0.2) is 17.3 Å². The summed E-state index contributed by atoms with van der Waals surface area (Å²) in [5.74, 6) is 0.154. The molecule has 3 unspecified atom stereocenters. The number of nitrogens with zero attached hydrogens (tertiary/aromatic N) is 8. The van der Waals surface area contributed by atoms with E-state index in [-0.39, 0.29) is 41.1 Å². The van der Waals surface area contributed by atoms with E-state index in [1.54, 1.807) is 10.7 Å². The molecule has 0 aliphatic carbocycles. The number of thioether (sulfide) groups is 1. The summed E-state index contributed by atoms with van der Waals surface area (Å²) in [6.07, 6.45) is 1.13. The highest BCUT2D eigenvalue weighted by Crippen LogP contribution is 2.47. The molecule has 0 saturated carbocycles. The van der Waals surface area contributed by atoms with Crippen molar-refractivity contribution in [2.75, 3.05) is 24.7 Å². The number of hydrogen-bond acceptors (Lipinski definition) is 17. The molecule has 2 fully saturated rings.